The third-order valence-corrected chi connectivity index (χ3v) is 2.46. The molecule has 5 nitrogen and oxygen atoms in total. The summed E-state index contributed by atoms with van der Waals surface area (Å²) in [7, 11) is 0. The van der Waals surface area contributed by atoms with Crippen molar-refractivity contribution < 1.29 is 4.74 Å². The van der Waals surface area contributed by atoms with E-state index in [1.54, 1.807) is 6.20 Å². The number of hydrogen-bond donors (Lipinski definition) is 1. The van der Waals surface area contributed by atoms with Crippen molar-refractivity contribution in [2.45, 2.75) is 13.1 Å². The van der Waals surface area contributed by atoms with Crippen LogP contribution in [0.3, 0.4) is 0 Å². The first kappa shape index (κ1) is 13.0. The standard InChI is InChI=1S/C14H14N4O/c15-6-8-19-14-5-1-3-12(9-14)10-16-11-13-4-2-7-17-18-13/h1-5,7,9,16H,8,10-11H2. The molecule has 96 valence electrons. The average molecular weight is 254 g/mol. The summed E-state index contributed by atoms with van der Waals surface area (Å²) in [5.74, 6) is 0.709. The Morgan fingerprint density at radius 2 is 2.16 bits per heavy atom. The first-order valence-electron chi connectivity index (χ1n) is 5.94. The summed E-state index contributed by atoms with van der Waals surface area (Å²) in [5, 5.41) is 19.6. The molecule has 19 heavy (non-hydrogen) atoms. The number of benzene rings is 1. The average Bonchev–Trinajstić information content (AvgIpc) is 2.47. The van der Waals surface area contributed by atoms with E-state index in [1.165, 1.54) is 0 Å². The van der Waals surface area contributed by atoms with Crippen LogP contribution in [0, 0.1) is 11.3 Å². The maximum Gasteiger partial charge on any atom is 0.174 e. The molecule has 0 amide bonds. The molecule has 1 N–H and O–H groups in total. The van der Waals surface area contributed by atoms with E-state index < -0.39 is 0 Å². The van der Waals surface area contributed by atoms with Crippen LogP contribution in [0.5, 0.6) is 5.75 Å². The van der Waals surface area contributed by atoms with Crippen molar-refractivity contribution in [2.24, 2.45) is 0 Å². The normalized spacial score (nSPS) is 9.84. The van der Waals surface area contributed by atoms with E-state index in [0.29, 0.717) is 18.8 Å². The second kappa shape index (κ2) is 7.09. The van der Waals surface area contributed by atoms with E-state index >= 15 is 0 Å². The lowest BCUT2D eigenvalue weighted by Crippen LogP contribution is -2.14. The molecule has 0 saturated heterocycles. The molecule has 0 saturated carbocycles. The Hall–Kier alpha value is -2.45. The number of rotatable bonds is 6. The van der Waals surface area contributed by atoms with Gasteiger partial charge < -0.3 is 10.1 Å². The molecule has 0 radical (unpaired) electrons. The van der Waals surface area contributed by atoms with Crippen molar-refractivity contribution >= 4 is 0 Å². The van der Waals surface area contributed by atoms with Gasteiger partial charge in [0, 0.05) is 19.3 Å². The lowest BCUT2D eigenvalue weighted by molar-refractivity contribution is 0.367. The molecule has 0 bridgehead atoms. The fourth-order valence-electron chi connectivity index (χ4n) is 1.62. The zero-order valence-electron chi connectivity index (χ0n) is 10.4. The monoisotopic (exact) mass is 254 g/mol. The van der Waals surface area contributed by atoms with E-state index in [9.17, 15) is 0 Å². The molecule has 0 spiro atoms. The summed E-state index contributed by atoms with van der Waals surface area (Å²) in [5.41, 5.74) is 2.00. The number of nitriles is 1. The molecule has 2 rings (SSSR count). The largest absolute Gasteiger partial charge is 0.479 e. The lowest BCUT2D eigenvalue weighted by atomic mass is 10.2. The zero-order chi connectivity index (χ0) is 13.3. The van der Waals surface area contributed by atoms with Crippen molar-refractivity contribution in [1.29, 1.82) is 5.26 Å². The highest BCUT2D eigenvalue weighted by atomic mass is 16.5. The van der Waals surface area contributed by atoms with E-state index in [2.05, 4.69) is 15.5 Å². The number of nitrogens with one attached hydrogen (secondary N) is 1. The van der Waals surface area contributed by atoms with Gasteiger partial charge in [-0.1, -0.05) is 12.1 Å². The summed E-state index contributed by atoms with van der Waals surface area (Å²) in [6, 6.07) is 13.4. The molecule has 0 aliphatic rings. The van der Waals surface area contributed by atoms with Crippen molar-refractivity contribution in [1.82, 2.24) is 15.5 Å². The fourth-order valence-corrected chi connectivity index (χ4v) is 1.62. The third-order valence-electron chi connectivity index (χ3n) is 2.46. The van der Waals surface area contributed by atoms with E-state index in [0.717, 1.165) is 11.3 Å². The van der Waals surface area contributed by atoms with Crippen molar-refractivity contribution in [3.63, 3.8) is 0 Å². The maximum atomic E-state index is 8.46. The van der Waals surface area contributed by atoms with Crippen LogP contribution in [0.15, 0.2) is 42.6 Å². The number of aromatic nitrogens is 2. The van der Waals surface area contributed by atoms with Gasteiger partial charge in [-0.3, -0.25) is 0 Å². The molecule has 0 atom stereocenters. The minimum atomic E-state index is 0.0660. The Morgan fingerprint density at radius 3 is 2.95 bits per heavy atom. The molecule has 0 aliphatic heterocycles. The third kappa shape index (κ3) is 4.37. The predicted octanol–water partition coefficient (Wildman–Crippen LogP) is 1.67. The van der Waals surface area contributed by atoms with Gasteiger partial charge in [0.1, 0.15) is 11.8 Å². The van der Waals surface area contributed by atoms with E-state index in [-0.39, 0.29) is 6.61 Å². The Balaban J connectivity index is 1.84. The summed E-state index contributed by atoms with van der Waals surface area (Å²) >= 11 is 0. The van der Waals surface area contributed by atoms with Gasteiger partial charge in [0.05, 0.1) is 5.69 Å². The zero-order valence-corrected chi connectivity index (χ0v) is 10.4. The van der Waals surface area contributed by atoms with Gasteiger partial charge in [0.2, 0.25) is 0 Å². The molecule has 1 aromatic carbocycles. The van der Waals surface area contributed by atoms with Crippen molar-refractivity contribution in [2.75, 3.05) is 6.61 Å². The SMILES string of the molecule is N#CCOc1cccc(CNCc2cccnn2)c1. The number of hydrogen-bond acceptors (Lipinski definition) is 5. The Kier molecular flexibility index (Phi) is 4.85. The second-order valence-electron chi connectivity index (χ2n) is 3.91. The molecule has 0 aliphatic carbocycles. The minimum absolute atomic E-state index is 0.0660. The van der Waals surface area contributed by atoms with Gasteiger partial charge in [-0.05, 0) is 29.8 Å². The second-order valence-corrected chi connectivity index (χ2v) is 3.91. The van der Waals surface area contributed by atoms with Crippen LogP contribution in [-0.2, 0) is 13.1 Å². The molecule has 5 heteroatoms. The maximum absolute atomic E-state index is 8.46. The van der Waals surface area contributed by atoms with Gasteiger partial charge in [-0.25, -0.2) is 0 Å². The highest BCUT2D eigenvalue weighted by Gasteiger charge is 1.98. The van der Waals surface area contributed by atoms with Gasteiger partial charge in [-0.15, -0.1) is 0 Å². The molecule has 2 aromatic rings. The highest BCUT2D eigenvalue weighted by molar-refractivity contribution is 5.28. The first-order valence-corrected chi connectivity index (χ1v) is 5.94. The van der Waals surface area contributed by atoms with Gasteiger partial charge >= 0.3 is 0 Å². The molecule has 1 heterocycles. The van der Waals surface area contributed by atoms with Crippen LogP contribution in [-0.4, -0.2) is 16.8 Å². The lowest BCUT2D eigenvalue weighted by Gasteiger charge is -2.06. The van der Waals surface area contributed by atoms with E-state index in [1.807, 2.05) is 42.5 Å². The van der Waals surface area contributed by atoms with Crippen molar-refractivity contribution in [3.05, 3.63) is 53.9 Å². The molecule has 0 fully saturated rings. The highest BCUT2D eigenvalue weighted by Crippen LogP contribution is 2.13. The van der Waals surface area contributed by atoms with Crippen LogP contribution in [0.1, 0.15) is 11.3 Å². The topological polar surface area (TPSA) is 70.8 Å². The number of nitrogens with zero attached hydrogens (tertiary/aromatic N) is 3. The van der Waals surface area contributed by atoms with E-state index in [4.69, 9.17) is 10.00 Å². The van der Waals surface area contributed by atoms with Gasteiger partial charge in [-0.2, -0.15) is 15.5 Å². The quantitative estimate of drug-likeness (QED) is 0.849. The van der Waals surface area contributed by atoms with Crippen LogP contribution < -0.4 is 10.1 Å². The summed E-state index contributed by atoms with van der Waals surface area (Å²) in [6.45, 7) is 1.44. The first-order chi connectivity index (χ1) is 9.38. The Labute approximate surface area is 111 Å². The van der Waals surface area contributed by atoms with Crippen molar-refractivity contribution in [3.8, 4) is 11.8 Å². The predicted molar refractivity (Wildman–Crippen MR) is 70.1 cm³/mol. The van der Waals surface area contributed by atoms with Crippen LogP contribution >= 0.6 is 0 Å². The Bertz CT molecular complexity index is 551. The minimum Gasteiger partial charge on any atom is -0.479 e. The van der Waals surface area contributed by atoms with Crippen LogP contribution in [0.4, 0.5) is 0 Å². The molecular weight excluding hydrogens is 240 g/mol. The summed E-state index contributed by atoms with van der Waals surface area (Å²) in [4.78, 5) is 0. The molecule has 1 aromatic heterocycles. The Morgan fingerprint density at radius 1 is 1.21 bits per heavy atom. The smallest absolute Gasteiger partial charge is 0.174 e. The molecule has 0 unspecified atom stereocenters. The van der Waals surface area contributed by atoms with Crippen LogP contribution in [0.25, 0.3) is 0 Å². The number of ether oxygens (including phenoxy) is 1. The van der Waals surface area contributed by atoms with Gasteiger partial charge in [0.25, 0.3) is 0 Å². The summed E-state index contributed by atoms with van der Waals surface area (Å²) < 4.78 is 5.25. The van der Waals surface area contributed by atoms with Gasteiger partial charge in [0.15, 0.2) is 6.61 Å². The van der Waals surface area contributed by atoms with Crippen LogP contribution in [0.2, 0.25) is 0 Å². The molecular formula is C14H14N4O. The fraction of sp³-hybridized carbons (Fsp3) is 0.214. The summed E-state index contributed by atoms with van der Waals surface area (Å²) in [6.07, 6.45) is 1.65.